The van der Waals surface area contributed by atoms with E-state index in [1.54, 1.807) is 23.5 Å². The average Bonchev–Trinajstić information content (AvgIpc) is 2.73. The molecule has 0 aliphatic rings. The van der Waals surface area contributed by atoms with E-state index in [1.807, 2.05) is 13.1 Å². The maximum atomic E-state index is 13.4. The first-order chi connectivity index (χ1) is 9.20. The summed E-state index contributed by atoms with van der Waals surface area (Å²) in [6, 6.07) is 8.87. The highest BCUT2D eigenvalue weighted by molar-refractivity contribution is 7.12. The van der Waals surface area contributed by atoms with E-state index < -0.39 is 0 Å². The lowest BCUT2D eigenvalue weighted by Gasteiger charge is -2.05. The van der Waals surface area contributed by atoms with Gasteiger partial charge in [-0.1, -0.05) is 18.2 Å². The molecule has 0 aliphatic carbocycles. The molecule has 1 heterocycles. The average molecular weight is 279 g/mol. The number of ether oxygens (including phenoxy) is 1. The lowest BCUT2D eigenvalue weighted by Crippen LogP contribution is -2.02. The van der Waals surface area contributed by atoms with Crippen molar-refractivity contribution in [3.8, 4) is 0 Å². The van der Waals surface area contributed by atoms with Crippen molar-refractivity contribution in [2.45, 2.75) is 26.7 Å². The maximum Gasteiger partial charge on any atom is 0.128 e. The Labute approximate surface area is 117 Å². The second-order valence-corrected chi connectivity index (χ2v) is 5.75. The largest absolute Gasteiger partial charge is 0.372 e. The third kappa shape index (κ3) is 3.86. The van der Waals surface area contributed by atoms with Crippen LogP contribution in [0.15, 0.2) is 30.3 Å². The van der Waals surface area contributed by atoms with Gasteiger partial charge in [0.05, 0.1) is 13.2 Å². The van der Waals surface area contributed by atoms with Crippen LogP contribution >= 0.6 is 11.3 Å². The number of hydrogen-bond donors (Lipinski definition) is 1. The Morgan fingerprint density at radius 1 is 1.21 bits per heavy atom. The number of hydrogen-bond acceptors (Lipinski definition) is 3. The summed E-state index contributed by atoms with van der Waals surface area (Å²) in [5.41, 5.74) is 1.79. The molecule has 2 nitrogen and oxygen atoms in total. The molecule has 4 heteroatoms. The molecule has 0 spiro atoms. The summed E-state index contributed by atoms with van der Waals surface area (Å²) in [4.78, 5) is 2.56. The Hall–Kier alpha value is -1.23. The minimum Gasteiger partial charge on any atom is -0.372 e. The van der Waals surface area contributed by atoms with Crippen LogP contribution in [0, 0.1) is 12.7 Å². The van der Waals surface area contributed by atoms with E-state index in [4.69, 9.17) is 4.74 Å². The predicted molar refractivity (Wildman–Crippen MR) is 76.7 cm³/mol. The summed E-state index contributed by atoms with van der Waals surface area (Å²) >= 11 is 1.77. The molecule has 0 saturated heterocycles. The molecule has 0 amide bonds. The van der Waals surface area contributed by atoms with Gasteiger partial charge in [0.25, 0.3) is 0 Å². The van der Waals surface area contributed by atoms with Crippen LogP contribution in [0.1, 0.15) is 20.9 Å². The first kappa shape index (κ1) is 14.2. The smallest absolute Gasteiger partial charge is 0.128 e. The molecule has 0 bridgehead atoms. The number of aryl methyl sites for hydroxylation is 1. The summed E-state index contributed by atoms with van der Waals surface area (Å²) in [6.07, 6.45) is 0. The fourth-order valence-corrected chi connectivity index (χ4v) is 2.94. The van der Waals surface area contributed by atoms with Gasteiger partial charge in [0, 0.05) is 21.9 Å². The van der Waals surface area contributed by atoms with Crippen LogP contribution in [0.25, 0.3) is 0 Å². The highest BCUT2D eigenvalue weighted by Crippen LogP contribution is 2.22. The molecule has 0 aliphatic heterocycles. The van der Waals surface area contributed by atoms with Crippen molar-refractivity contribution in [2.24, 2.45) is 0 Å². The molecule has 102 valence electrons. The number of benzene rings is 1. The van der Waals surface area contributed by atoms with Crippen molar-refractivity contribution in [2.75, 3.05) is 7.05 Å². The van der Waals surface area contributed by atoms with Gasteiger partial charge in [0.1, 0.15) is 5.82 Å². The molecular formula is C15H18FNOS. The van der Waals surface area contributed by atoms with Crippen molar-refractivity contribution in [3.63, 3.8) is 0 Å². The fraction of sp³-hybridized carbons (Fsp3) is 0.333. The maximum absolute atomic E-state index is 13.4. The topological polar surface area (TPSA) is 21.3 Å². The first-order valence-corrected chi connectivity index (χ1v) is 7.06. The van der Waals surface area contributed by atoms with Crippen LogP contribution in [0.2, 0.25) is 0 Å². The van der Waals surface area contributed by atoms with Gasteiger partial charge in [0.2, 0.25) is 0 Å². The molecule has 1 N–H and O–H groups in total. The van der Waals surface area contributed by atoms with Crippen LogP contribution in [-0.4, -0.2) is 7.05 Å². The lowest BCUT2D eigenvalue weighted by atomic mass is 10.2. The molecule has 2 aromatic rings. The SMILES string of the molecule is CNCc1cc(COCc2ccccc2F)c(C)s1. The van der Waals surface area contributed by atoms with E-state index in [-0.39, 0.29) is 5.82 Å². The minimum atomic E-state index is -0.208. The molecule has 1 aromatic carbocycles. The first-order valence-electron chi connectivity index (χ1n) is 6.24. The zero-order valence-electron chi connectivity index (χ0n) is 11.2. The standard InChI is InChI=1S/C15H18FNOS/c1-11-13(7-14(19-11)8-17-2)10-18-9-12-5-3-4-6-15(12)16/h3-7,17H,8-10H2,1-2H3. The zero-order chi connectivity index (χ0) is 13.7. The number of nitrogens with one attached hydrogen (secondary N) is 1. The lowest BCUT2D eigenvalue weighted by molar-refractivity contribution is 0.105. The van der Waals surface area contributed by atoms with Crippen LogP contribution < -0.4 is 5.32 Å². The van der Waals surface area contributed by atoms with E-state index in [1.165, 1.54) is 21.4 Å². The van der Waals surface area contributed by atoms with Crippen LogP contribution in [0.4, 0.5) is 4.39 Å². The molecule has 0 unspecified atom stereocenters. The summed E-state index contributed by atoms with van der Waals surface area (Å²) in [7, 11) is 1.93. The van der Waals surface area contributed by atoms with Gasteiger partial charge in [-0.3, -0.25) is 0 Å². The second-order valence-electron chi connectivity index (χ2n) is 4.41. The molecule has 0 atom stereocenters. The number of rotatable bonds is 6. The highest BCUT2D eigenvalue weighted by atomic mass is 32.1. The van der Waals surface area contributed by atoms with E-state index in [0.29, 0.717) is 18.8 Å². The Kier molecular flexibility index (Phi) is 5.07. The normalized spacial score (nSPS) is 10.9. The van der Waals surface area contributed by atoms with Crippen molar-refractivity contribution >= 4 is 11.3 Å². The molecular weight excluding hydrogens is 261 g/mol. The number of halogens is 1. The summed E-state index contributed by atoms with van der Waals surface area (Å²) in [6.45, 7) is 3.80. The van der Waals surface area contributed by atoms with Crippen LogP contribution in [-0.2, 0) is 24.5 Å². The van der Waals surface area contributed by atoms with E-state index in [9.17, 15) is 4.39 Å². The molecule has 0 fully saturated rings. The van der Waals surface area contributed by atoms with Gasteiger partial charge < -0.3 is 10.1 Å². The fourth-order valence-electron chi connectivity index (χ4n) is 1.88. The van der Waals surface area contributed by atoms with E-state index in [2.05, 4.69) is 18.3 Å². The van der Waals surface area contributed by atoms with Crippen molar-refractivity contribution < 1.29 is 9.13 Å². The highest BCUT2D eigenvalue weighted by Gasteiger charge is 2.06. The predicted octanol–water partition coefficient (Wildman–Crippen LogP) is 3.63. The molecule has 0 radical (unpaired) electrons. The molecule has 0 saturated carbocycles. The van der Waals surface area contributed by atoms with Gasteiger partial charge in [0.15, 0.2) is 0 Å². The zero-order valence-corrected chi connectivity index (χ0v) is 12.0. The molecule has 2 rings (SSSR count). The van der Waals surface area contributed by atoms with Crippen molar-refractivity contribution in [3.05, 3.63) is 57.0 Å². The summed E-state index contributed by atoms with van der Waals surface area (Å²) in [5, 5.41) is 3.13. The third-order valence-electron chi connectivity index (χ3n) is 2.90. The van der Waals surface area contributed by atoms with E-state index >= 15 is 0 Å². The van der Waals surface area contributed by atoms with Gasteiger partial charge in [-0.15, -0.1) is 11.3 Å². The Balaban J connectivity index is 1.90. The summed E-state index contributed by atoms with van der Waals surface area (Å²) in [5.74, 6) is -0.208. The third-order valence-corrected chi connectivity index (χ3v) is 3.99. The monoisotopic (exact) mass is 279 g/mol. The summed E-state index contributed by atoms with van der Waals surface area (Å²) < 4.78 is 19.0. The molecule has 1 aromatic heterocycles. The van der Waals surface area contributed by atoms with Gasteiger partial charge in [-0.05, 0) is 31.7 Å². The quantitative estimate of drug-likeness (QED) is 0.872. The van der Waals surface area contributed by atoms with Gasteiger partial charge in [-0.25, -0.2) is 4.39 Å². The number of thiophene rings is 1. The Morgan fingerprint density at radius 3 is 2.68 bits per heavy atom. The van der Waals surface area contributed by atoms with Crippen LogP contribution in [0.5, 0.6) is 0 Å². The van der Waals surface area contributed by atoms with Crippen LogP contribution in [0.3, 0.4) is 0 Å². The van der Waals surface area contributed by atoms with Gasteiger partial charge in [-0.2, -0.15) is 0 Å². The Bertz CT molecular complexity index is 539. The minimum absolute atomic E-state index is 0.208. The Morgan fingerprint density at radius 2 is 1.95 bits per heavy atom. The van der Waals surface area contributed by atoms with E-state index in [0.717, 1.165) is 6.54 Å². The molecule has 19 heavy (non-hydrogen) atoms. The van der Waals surface area contributed by atoms with Crippen molar-refractivity contribution in [1.29, 1.82) is 0 Å². The van der Waals surface area contributed by atoms with Gasteiger partial charge >= 0.3 is 0 Å². The second kappa shape index (κ2) is 6.80. The van der Waals surface area contributed by atoms with Crippen molar-refractivity contribution in [1.82, 2.24) is 5.32 Å².